The van der Waals surface area contributed by atoms with Crippen molar-refractivity contribution in [2.45, 2.75) is 17.5 Å². The first kappa shape index (κ1) is 23.5. The van der Waals surface area contributed by atoms with Crippen LogP contribution in [0.25, 0.3) is 0 Å². The molecule has 0 saturated carbocycles. The van der Waals surface area contributed by atoms with E-state index in [0.717, 1.165) is 5.56 Å². The van der Waals surface area contributed by atoms with Crippen LogP contribution in [0.3, 0.4) is 0 Å². The third kappa shape index (κ3) is 6.68. The molecule has 9 heteroatoms. The minimum atomic E-state index is -0.211. The molecule has 2 aliphatic rings. The molecule has 3 amide bonds. The van der Waals surface area contributed by atoms with Gasteiger partial charge in [-0.2, -0.15) is 0 Å². The average Bonchev–Trinajstić information content (AvgIpc) is 2.87. The molecule has 2 heterocycles. The van der Waals surface area contributed by atoms with Crippen molar-refractivity contribution in [1.82, 2.24) is 15.5 Å². The molecule has 0 bridgehead atoms. The Hall–Kier alpha value is -2.65. The van der Waals surface area contributed by atoms with E-state index in [1.807, 2.05) is 35.7 Å². The number of piperazine rings is 1. The maximum absolute atomic E-state index is 12.5. The molecule has 0 aliphatic carbocycles. The van der Waals surface area contributed by atoms with Crippen LogP contribution in [0.1, 0.15) is 32.5 Å². The van der Waals surface area contributed by atoms with Gasteiger partial charge in [0.1, 0.15) is 5.75 Å². The van der Waals surface area contributed by atoms with Gasteiger partial charge in [-0.15, -0.1) is 23.5 Å². The molecule has 2 N–H and O–H groups in total. The van der Waals surface area contributed by atoms with E-state index >= 15 is 0 Å². The zero-order valence-electron chi connectivity index (χ0n) is 18.2. The highest BCUT2D eigenvalue weighted by molar-refractivity contribution is 8.16. The van der Waals surface area contributed by atoms with Crippen molar-refractivity contribution in [3.05, 3.63) is 65.2 Å². The van der Waals surface area contributed by atoms with Gasteiger partial charge < -0.3 is 20.3 Å². The van der Waals surface area contributed by atoms with Crippen molar-refractivity contribution in [1.29, 1.82) is 0 Å². The van der Waals surface area contributed by atoms with E-state index in [0.29, 0.717) is 35.5 Å². The van der Waals surface area contributed by atoms with Crippen LogP contribution in [-0.2, 0) is 16.1 Å². The van der Waals surface area contributed by atoms with Crippen molar-refractivity contribution < 1.29 is 19.1 Å². The summed E-state index contributed by atoms with van der Waals surface area (Å²) in [6.07, 6.45) is 1.27. The van der Waals surface area contributed by atoms with Crippen LogP contribution in [-0.4, -0.2) is 60.4 Å². The lowest BCUT2D eigenvalue weighted by Crippen LogP contribution is -2.49. The second-order valence-corrected chi connectivity index (χ2v) is 10.6. The number of hydrogen-bond donors (Lipinski definition) is 2. The summed E-state index contributed by atoms with van der Waals surface area (Å²) in [6, 6.07) is 15.0. The summed E-state index contributed by atoms with van der Waals surface area (Å²) in [5, 5.41) is 5.54. The van der Waals surface area contributed by atoms with Gasteiger partial charge in [0.25, 0.3) is 11.8 Å². The van der Waals surface area contributed by atoms with Gasteiger partial charge in [-0.25, -0.2) is 0 Å². The Morgan fingerprint density at radius 2 is 1.79 bits per heavy atom. The van der Waals surface area contributed by atoms with Gasteiger partial charge in [0.15, 0.2) is 6.61 Å². The lowest BCUT2D eigenvalue weighted by Gasteiger charge is -2.26. The third-order valence-electron chi connectivity index (χ3n) is 5.37. The second kappa shape index (κ2) is 11.5. The number of nitrogens with one attached hydrogen (secondary N) is 2. The molecule has 0 unspecified atom stereocenters. The number of nitrogens with zero attached hydrogens (tertiary/aromatic N) is 1. The van der Waals surface area contributed by atoms with Gasteiger partial charge in [-0.05, 0) is 53.3 Å². The van der Waals surface area contributed by atoms with Gasteiger partial charge in [-0.3, -0.25) is 14.4 Å². The molecule has 0 aromatic heterocycles. The second-order valence-electron chi connectivity index (χ2n) is 7.84. The van der Waals surface area contributed by atoms with E-state index in [1.165, 1.54) is 28.4 Å². The first-order chi connectivity index (χ1) is 16.1. The molecule has 4 rings (SSSR count). The van der Waals surface area contributed by atoms with Crippen LogP contribution in [0.5, 0.6) is 5.75 Å². The number of ether oxygens (including phenoxy) is 1. The highest BCUT2D eigenvalue weighted by Gasteiger charge is 2.22. The van der Waals surface area contributed by atoms with Gasteiger partial charge >= 0.3 is 0 Å². The molecule has 33 heavy (non-hydrogen) atoms. The predicted molar refractivity (Wildman–Crippen MR) is 131 cm³/mol. The van der Waals surface area contributed by atoms with Crippen LogP contribution in [0.2, 0.25) is 0 Å². The van der Waals surface area contributed by atoms with E-state index < -0.39 is 0 Å². The summed E-state index contributed by atoms with van der Waals surface area (Å²) in [5.41, 5.74) is 2.69. The Morgan fingerprint density at radius 3 is 2.48 bits per heavy atom. The number of benzene rings is 2. The lowest BCUT2D eigenvalue weighted by atomic mass is 10.1. The topological polar surface area (TPSA) is 87.7 Å². The molecule has 7 nitrogen and oxygen atoms in total. The normalized spacial score (nSPS) is 16.7. The molecule has 2 saturated heterocycles. The smallest absolute Gasteiger partial charge is 0.258 e. The molecular weight excluding hydrogens is 458 g/mol. The summed E-state index contributed by atoms with van der Waals surface area (Å²) < 4.78 is 6.10. The van der Waals surface area contributed by atoms with E-state index in [1.54, 1.807) is 24.3 Å². The molecule has 2 aromatic rings. The molecule has 174 valence electrons. The monoisotopic (exact) mass is 485 g/mol. The summed E-state index contributed by atoms with van der Waals surface area (Å²) in [5.74, 6) is 2.55. The van der Waals surface area contributed by atoms with Crippen molar-refractivity contribution in [3.8, 4) is 5.75 Å². The Morgan fingerprint density at radius 1 is 1.06 bits per heavy atom. The van der Waals surface area contributed by atoms with Gasteiger partial charge in [0, 0.05) is 25.2 Å². The predicted octanol–water partition coefficient (Wildman–Crippen LogP) is 2.82. The molecule has 2 fully saturated rings. The van der Waals surface area contributed by atoms with Crippen LogP contribution < -0.4 is 15.4 Å². The SMILES string of the molecule is O=C(COc1ccc(C2SCCCS2)cc1)NCc1ccc(C(=O)N2CCNC(=O)C2)cc1. The summed E-state index contributed by atoms with van der Waals surface area (Å²) in [4.78, 5) is 37.7. The fraction of sp³-hybridized carbons (Fsp3) is 0.375. The third-order valence-corrected chi connectivity index (χ3v) is 8.38. The first-order valence-corrected chi connectivity index (χ1v) is 13.1. The number of amides is 3. The van der Waals surface area contributed by atoms with Crippen molar-refractivity contribution in [2.75, 3.05) is 37.7 Å². The zero-order chi connectivity index (χ0) is 23.0. The Bertz CT molecular complexity index is 976. The fourth-order valence-corrected chi connectivity index (χ4v) is 6.46. The quantitative estimate of drug-likeness (QED) is 0.627. The molecule has 0 spiro atoms. The number of carbonyl (C=O) groups is 3. The lowest BCUT2D eigenvalue weighted by molar-refractivity contribution is -0.124. The minimum absolute atomic E-state index is 0.0557. The molecule has 2 aliphatic heterocycles. The average molecular weight is 486 g/mol. The standard InChI is InChI=1S/C24H27N3O4S2/c28-21-15-27(11-10-25-21)23(30)18-4-2-17(3-5-18)14-26-22(29)16-31-20-8-6-19(7-9-20)24-32-12-1-13-33-24/h2-9,24H,1,10-16H2,(H,25,28)(H,26,29). The number of hydrogen-bond acceptors (Lipinski definition) is 6. The number of thioether (sulfide) groups is 2. The maximum Gasteiger partial charge on any atom is 0.258 e. The van der Waals surface area contributed by atoms with Crippen LogP contribution in [0.4, 0.5) is 0 Å². The van der Waals surface area contributed by atoms with E-state index in [2.05, 4.69) is 22.8 Å². The first-order valence-electron chi connectivity index (χ1n) is 11.0. The number of carbonyl (C=O) groups excluding carboxylic acids is 3. The van der Waals surface area contributed by atoms with E-state index in [-0.39, 0.29) is 30.9 Å². The van der Waals surface area contributed by atoms with Crippen molar-refractivity contribution >= 4 is 41.2 Å². The van der Waals surface area contributed by atoms with E-state index in [9.17, 15) is 14.4 Å². The maximum atomic E-state index is 12.5. The fourth-order valence-electron chi connectivity index (χ4n) is 3.56. The zero-order valence-corrected chi connectivity index (χ0v) is 19.9. The van der Waals surface area contributed by atoms with Crippen LogP contribution >= 0.6 is 23.5 Å². The molecule has 0 atom stereocenters. The van der Waals surface area contributed by atoms with Gasteiger partial charge in [0.2, 0.25) is 5.91 Å². The minimum Gasteiger partial charge on any atom is -0.484 e. The number of rotatable bonds is 7. The van der Waals surface area contributed by atoms with Crippen LogP contribution in [0, 0.1) is 0 Å². The van der Waals surface area contributed by atoms with Gasteiger partial charge in [0.05, 0.1) is 11.1 Å². The Balaban J connectivity index is 1.20. The Kier molecular flexibility index (Phi) is 8.17. The highest BCUT2D eigenvalue weighted by Crippen LogP contribution is 2.43. The summed E-state index contributed by atoms with van der Waals surface area (Å²) >= 11 is 3.95. The van der Waals surface area contributed by atoms with Crippen molar-refractivity contribution in [2.24, 2.45) is 0 Å². The highest BCUT2D eigenvalue weighted by atomic mass is 32.2. The largest absolute Gasteiger partial charge is 0.484 e. The molecule has 0 radical (unpaired) electrons. The summed E-state index contributed by atoms with van der Waals surface area (Å²) in [7, 11) is 0. The molecular formula is C24H27N3O4S2. The summed E-state index contributed by atoms with van der Waals surface area (Å²) in [6.45, 7) is 1.35. The van der Waals surface area contributed by atoms with Crippen LogP contribution in [0.15, 0.2) is 48.5 Å². The van der Waals surface area contributed by atoms with Crippen molar-refractivity contribution in [3.63, 3.8) is 0 Å². The Labute approximate surface area is 202 Å². The van der Waals surface area contributed by atoms with E-state index in [4.69, 9.17) is 4.74 Å². The van der Waals surface area contributed by atoms with Gasteiger partial charge in [-0.1, -0.05) is 24.3 Å². The molecule has 2 aromatic carbocycles.